The summed E-state index contributed by atoms with van der Waals surface area (Å²) in [6, 6.07) is 99.9. The third-order valence-corrected chi connectivity index (χ3v) is 18.3. The number of anilines is 6. The van der Waals surface area contributed by atoms with Crippen molar-refractivity contribution in [3.63, 3.8) is 0 Å². The molecule has 0 unspecified atom stereocenters. The van der Waals surface area contributed by atoms with Crippen LogP contribution in [0.3, 0.4) is 0 Å². The first-order chi connectivity index (χ1) is 42.6. The molecule has 19 rings (SSSR count). The van der Waals surface area contributed by atoms with E-state index in [1.807, 2.05) is 0 Å². The summed E-state index contributed by atoms with van der Waals surface area (Å²) in [5.74, 6) is 6.16. The van der Waals surface area contributed by atoms with E-state index in [1.165, 1.54) is 0 Å². The van der Waals surface area contributed by atoms with Gasteiger partial charge in [-0.2, -0.15) is 0 Å². The lowest BCUT2D eigenvalue weighted by Gasteiger charge is -2.49. The molecule has 13 aromatic carbocycles. The Labute approximate surface area is 498 Å². The molecule has 0 atom stereocenters. The Bertz CT molecular complexity index is 4690. The summed E-state index contributed by atoms with van der Waals surface area (Å²) in [5, 5.41) is 0. The molecule has 0 spiro atoms. The fourth-order valence-corrected chi connectivity index (χ4v) is 14.5. The number of fused-ring (bicyclic) bond motifs is 14. The van der Waals surface area contributed by atoms with Crippen LogP contribution < -0.4 is 61.5 Å². The lowest BCUT2D eigenvalue weighted by molar-refractivity contribution is 0.467. The van der Waals surface area contributed by atoms with Gasteiger partial charge in [0, 0.05) is 10.9 Å². The van der Waals surface area contributed by atoms with Crippen LogP contribution in [0.5, 0.6) is 46.0 Å². The van der Waals surface area contributed by atoms with E-state index in [2.05, 4.69) is 289 Å². The van der Waals surface area contributed by atoms with Gasteiger partial charge in [-0.1, -0.05) is 231 Å². The third kappa shape index (κ3) is 6.92. The van der Waals surface area contributed by atoms with E-state index >= 15 is 0 Å². The standard InChI is InChI=1S/C78H46B2N2O4/c1-7-19-47(20-8-1)53-31-35-59-65(41-53)85-77-71-76(82-64-38-34-56(50-25-13-4-14-26-50)44-68(64)83-69-45-57(51-27-15-5-16-28-51)39-61(73(69)82)79(59)71)78-72-75(77)81-63-37-33-55(49-23-11-3-12-24-49)43-67(63)84-70-46-58(52-29-17-6-18-30-52)40-62(74(70)81)80(72)60-36-32-54(42-66(60)86-78)48-21-9-2-10-22-48/h1-46H. The Morgan fingerprint density at radius 1 is 0.209 bits per heavy atom. The average Bonchev–Trinajstić information content (AvgIpc) is 0.687. The number of nitrogens with zero attached hydrogens (tertiary/aromatic N) is 2. The fourth-order valence-electron chi connectivity index (χ4n) is 14.5. The summed E-state index contributed by atoms with van der Waals surface area (Å²) < 4.78 is 30.8. The number of hydrogen-bond acceptors (Lipinski definition) is 6. The van der Waals surface area contributed by atoms with Crippen molar-refractivity contribution in [3.8, 4) is 113 Å². The Hall–Kier alpha value is -11.2. The minimum atomic E-state index is -0.348. The van der Waals surface area contributed by atoms with Crippen molar-refractivity contribution in [3.05, 3.63) is 279 Å². The molecule has 0 saturated heterocycles. The molecular weight excluding hydrogens is 1050 g/mol. The number of rotatable bonds is 6. The SMILES string of the molecule is c1ccc(-c2ccc3c(c2)Oc2c4c(c5c6c2N2c7ccc(-c8ccccc8)cc7Oc7cc(-c8ccccc8)cc(c72)B6c2ccc(-c6ccccc6)cc2O5)N2c5ccc(-c6ccccc6)cc5Oc5cc(-c6ccccc6)cc(c52)B34)cc1. The zero-order valence-electron chi connectivity index (χ0n) is 46.2. The van der Waals surface area contributed by atoms with Crippen molar-refractivity contribution in [2.24, 2.45) is 0 Å². The Morgan fingerprint density at radius 2 is 0.500 bits per heavy atom. The van der Waals surface area contributed by atoms with Gasteiger partial charge in [-0.15, -0.1) is 0 Å². The van der Waals surface area contributed by atoms with Gasteiger partial charge in [-0.05, 0) is 137 Å². The van der Waals surface area contributed by atoms with Crippen LogP contribution >= 0.6 is 0 Å². The molecule has 0 amide bonds. The van der Waals surface area contributed by atoms with E-state index < -0.39 is 0 Å². The largest absolute Gasteiger partial charge is 0.456 e. The molecule has 6 nitrogen and oxygen atoms in total. The molecule has 6 heterocycles. The molecule has 8 heteroatoms. The Morgan fingerprint density at radius 3 is 0.837 bits per heavy atom. The van der Waals surface area contributed by atoms with Crippen LogP contribution in [0.15, 0.2) is 279 Å². The van der Waals surface area contributed by atoms with Crippen molar-refractivity contribution in [1.29, 1.82) is 0 Å². The number of ether oxygens (including phenoxy) is 4. The van der Waals surface area contributed by atoms with Crippen molar-refractivity contribution in [2.45, 2.75) is 0 Å². The van der Waals surface area contributed by atoms with Crippen LogP contribution in [-0.4, -0.2) is 13.4 Å². The lowest BCUT2D eigenvalue weighted by Crippen LogP contribution is -2.64. The molecule has 0 N–H and O–H groups in total. The van der Waals surface area contributed by atoms with Crippen molar-refractivity contribution < 1.29 is 18.9 Å². The van der Waals surface area contributed by atoms with Crippen molar-refractivity contribution in [2.75, 3.05) is 9.80 Å². The quantitative estimate of drug-likeness (QED) is 0.155. The van der Waals surface area contributed by atoms with Gasteiger partial charge in [0.15, 0.2) is 23.0 Å². The first-order valence-electron chi connectivity index (χ1n) is 29.4. The lowest BCUT2D eigenvalue weighted by atomic mass is 9.31. The number of benzene rings is 13. The maximum Gasteiger partial charge on any atom is 0.256 e. The van der Waals surface area contributed by atoms with Gasteiger partial charge in [-0.3, -0.25) is 0 Å². The summed E-state index contributed by atoms with van der Waals surface area (Å²) in [5.41, 5.74) is 25.0. The second-order valence-electron chi connectivity index (χ2n) is 23.0. The highest BCUT2D eigenvalue weighted by molar-refractivity contribution is 7.02. The maximum absolute atomic E-state index is 7.97. The summed E-state index contributed by atoms with van der Waals surface area (Å²) in [6.45, 7) is -0.696. The number of hydrogen-bond donors (Lipinski definition) is 0. The molecule has 13 aromatic rings. The van der Waals surface area contributed by atoms with E-state index in [4.69, 9.17) is 18.9 Å². The highest BCUT2D eigenvalue weighted by Gasteiger charge is 2.55. The third-order valence-electron chi connectivity index (χ3n) is 18.3. The molecule has 398 valence electrons. The molecule has 6 aliphatic rings. The molecule has 0 fully saturated rings. The summed E-state index contributed by atoms with van der Waals surface area (Å²) in [7, 11) is 0. The van der Waals surface area contributed by atoms with Crippen molar-refractivity contribution in [1.82, 2.24) is 0 Å². The topological polar surface area (TPSA) is 43.4 Å². The smallest absolute Gasteiger partial charge is 0.256 e. The summed E-state index contributed by atoms with van der Waals surface area (Å²) in [6.07, 6.45) is 0. The molecule has 0 aromatic heterocycles. The summed E-state index contributed by atoms with van der Waals surface area (Å²) >= 11 is 0. The van der Waals surface area contributed by atoms with E-state index in [0.717, 1.165) is 180 Å². The summed E-state index contributed by atoms with van der Waals surface area (Å²) in [4.78, 5) is 4.91. The highest BCUT2D eigenvalue weighted by atomic mass is 16.5. The Kier molecular flexibility index (Phi) is 9.98. The fraction of sp³-hybridized carbons (Fsp3) is 0. The van der Waals surface area contributed by atoms with Crippen LogP contribution in [0, 0.1) is 0 Å². The normalized spacial score (nSPS) is 13.4. The maximum atomic E-state index is 7.97. The van der Waals surface area contributed by atoms with Crippen LogP contribution in [-0.2, 0) is 0 Å². The molecular formula is C78H46B2N2O4. The van der Waals surface area contributed by atoms with Gasteiger partial charge in [0.25, 0.3) is 13.4 Å². The van der Waals surface area contributed by atoms with Crippen LogP contribution in [0.2, 0.25) is 0 Å². The van der Waals surface area contributed by atoms with E-state index in [1.54, 1.807) is 0 Å². The predicted molar refractivity (Wildman–Crippen MR) is 351 cm³/mol. The molecule has 0 bridgehead atoms. The van der Waals surface area contributed by atoms with Crippen molar-refractivity contribution >= 4 is 80.3 Å². The zero-order chi connectivity index (χ0) is 56.1. The van der Waals surface area contributed by atoms with Crippen LogP contribution in [0.1, 0.15) is 0 Å². The van der Waals surface area contributed by atoms with Gasteiger partial charge in [0.2, 0.25) is 0 Å². The van der Waals surface area contributed by atoms with E-state index in [-0.39, 0.29) is 13.4 Å². The molecule has 0 saturated carbocycles. The molecule has 86 heavy (non-hydrogen) atoms. The average molecular weight is 1100 g/mol. The van der Waals surface area contributed by atoms with E-state index in [0.29, 0.717) is 0 Å². The monoisotopic (exact) mass is 1100 g/mol. The molecule has 0 radical (unpaired) electrons. The zero-order valence-corrected chi connectivity index (χ0v) is 46.2. The first-order valence-corrected chi connectivity index (χ1v) is 29.4. The van der Waals surface area contributed by atoms with Gasteiger partial charge >= 0.3 is 0 Å². The van der Waals surface area contributed by atoms with Gasteiger partial charge < -0.3 is 28.7 Å². The van der Waals surface area contributed by atoms with Gasteiger partial charge in [0.05, 0.1) is 34.1 Å². The second-order valence-corrected chi connectivity index (χ2v) is 23.0. The van der Waals surface area contributed by atoms with Gasteiger partial charge in [0.1, 0.15) is 23.0 Å². The minimum absolute atomic E-state index is 0.348. The second kappa shape index (κ2) is 18.1. The van der Waals surface area contributed by atoms with Gasteiger partial charge in [-0.25, -0.2) is 0 Å². The first kappa shape index (κ1) is 47.3. The van der Waals surface area contributed by atoms with Crippen LogP contribution in [0.25, 0.3) is 66.8 Å². The molecule has 0 aliphatic carbocycles. The highest BCUT2D eigenvalue weighted by Crippen LogP contribution is 2.62. The Balaban J connectivity index is 0.964. The predicted octanol–water partition coefficient (Wildman–Crippen LogP) is 16.7. The van der Waals surface area contributed by atoms with Crippen LogP contribution in [0.4, 0.5) is 34.1 Å². The minimum Gasteiger partial charge on any atom is -0.456 e. The molecule has 6 aliphatic heterocycles. The van der Waals surface area contributed by atoms with E-state index in [9.17, 15) is 0 Å².